The van der Waals surface area contributed by atoms with Crippen LogP contribution >= 0.6 is 0 Å². The summed E-state index contributed by atoms with van der Waals surface area (Å²) in [6.07, 6.45) is 7.70. The Morgan fingerprint density at radius 3 is 1.87 bits per heavy atom. The summed E-state index contributed by atoms with van der Waals surface area (Å²) < 4.78 is 0. The van der Waals surface area contributed by atoms with Crippen molar-refractivity contribution >= 4 is 0 Å². The zero-order valence-electron chi connectivity index (χ0n) is 13.6. The molecule has 4 rings (SSSR count). The van der Waals surface area contributed by atoms with Gasteiger partial charge in [0.05, 0.1) is 6.04 Å². The van der Waals surface area contributed by atoms with Crippen LogP contribution in [-0.2, 0) is 5.54 Å². The van der Waals surface area contributed by atoms with Gasteiger partial charge in [0, 0.05) is 5.92 Å². The minimum absolute atomic E-state index is 0.287. The van der Waals surface area contributed by atoms with Crippen LogP contribution in [0.25, 0.3) is 0 Å². The number of benzene rings is 2. The molecule has 118 valence electrons. The van der Waals surface area contributed by atoms with E-state index in [1.54, 1.807) is 0 Å². The van der Waals surface area contributed by atoms with Gasteiger partial charge in [-0.1, -0.05) is 86.3 Å². The third-order valence-corrected chi connectivity index (χ3v) is 5.56. The number of nitrogens with zero attached hydrogens (tertiary/aromatic N) is 2. The molecule has 2 aromatic carbocycles. The fourth-order valence-corrected chi connectivity index (χ4v) is 4.42. The second kappa shape index (κ2) is 6.27. The van der Waals surface area contributed by atoms with E-state index in [2.05, 4.69) is 60.7 Å². The normalized spacial score (nSPS) is 26.3. The van der Waals surface area contributed by atoms with Crippen LogP contribution in [0.3, 0.4) is 0 Å². The molecule has 1 aliphatic heterocycles. The standard InChI is InChI=1S/C21H24N2/c1-2-10-16-20-19(15-9-1)21(23-22-20,17-11-5-3-6-12-17)18-13-7-4-8-14-18/h3-8,11-14,19-20H,1-2,9-10,15-16H2/t19-,20+/m0/s1. The van der Waals surface area contributed by atoms with Crippen LogP contribution in [0.1, 0.15) is 49.7 Å². The van der Waals surface area contributed by atoms with Crippen LogP contribution in [0.4, 0.5) is 0 Å². The van der Waals surface area contributed by atoms with Gasteiger partial charge >= 0.3 is 0 Å². The van der Waals surface area contributed by atoms with Gasteiger partial charge in [0.15, 0.2) is 0 Å². The van der Waals surface area contributed by atoms with E-state index in [0.717, 1.165) is 0 Å². The lowest BCUT2D eigenvalue weighted by Gasteiger charge is -2.36. The third kappa shape index (κ3) is 2.50. The number of hydrogen-bond acceptors (Lipinski definition) is 2. The fraction of sp³-hybridized carbons (Fsp3) is 0.429. The highest BCUT2D eigenvalue weighted by Gasteiger charge is 2.49. The quantitative estimate of drug-likeness (QED) is 0.676. The SMILES string of the molecule is c1ccc(C2(c3ccccc3)N=N[C@@H]3CCCCCC[C@@H]32)cc1. The summed E-state index contributed by atoms with van der Waals surface area (Å²) >= 11 is 0. The highest BCUT2D eigenvalue weighted by Crippen LogP contribution is 2.51. The second-order valence-electron chi connectivity index (χ2n) is 6.88. The maximum atomic E-state index is 4.96. The molecule has 0 unspecified atom stereocenters. The van der Waals surface area contributed by atoms with Crippen molar-refractivity contribution in [3.8, 4) is 0 Å². The van der Waals surface area contributed by atoms with Crippen LogP contribution in [0.2, 0.25) is 0 Å². The molecule has 2 aromatic rings. The van der Waals surface area contributed by atoms with E-state index >= 15 is 0 Å². The van der Waals surface area contributed by atoms with Gasteiger partial charge in [-0.2, -0.15) is 10.2 Å². The lowest BCUT2D eigenvalue weighted by molar-refractivity contribution is 0.275. The van der Waals surface area contributed by atoms with Crippen molar-refractivity contribution in [2.24, 2.45) is 16.1 Å². The monoisotopic (exact) mass is 304 g/mol. The molecule has 0 saturated heterocycles. The summed E-state index contributed by atoms with van der Waals surface area (Å²) in [7, 11) is 0. The Hall–Kier alpha value is -1.96. The largest absolute Gasteiger partial charge is 0.189 e. The van der Waals surface area contributed by atoms with Crippen LogP contribution in [0, 0.1) is 5.92 Å². The molecule has 0 amide bonds. The molecule has 1 fully saturated rings. The van der Waals surface area contributed by atoms with E-state index < -0.39 is 0 Å². The molecule has 23 heavy (non-hydrogen) atoms. The molecule has 0 aromatic heterocycles. The Bertz CT molecular complexity index is 623. The molecule has 0 radical (unpaired) electrons. The maximum absolute atomic E-state index is 4.96. The third-order valence-electron chi connectivity index (χ3n) is 5.56. The Morgan fingerprint density at radius 2 is 1.26 bits per heavy atom. The first-order chi connectivity index (χ1) is 11.4. The minimum atomic E-state index is -0.287. The summed E-state index contributed by atoms with van der Waals surface area (Å²) in [6, 6.07) is 22.0. The molecule has 2 atom stereocenters. The molecule has 1 aliphatic carbocycles. The number of rotatable bonds is 2. The average molecular weight is 304 g/mol. The van der Waals surface area contributed by atoms with Gasteiger partial charge in [0.25, 0.3) is 0 Å². The van der Waals surface area contributed by atoms with Crippen LogP contribution < -0.4 is 0 Å². The predicted octanol–water partition coefficient (Wildman–Crippen LogP) is 5.74. The van der Waals surface area contributed by atoms with Crippen molar-refractivity contribution in [3.63, 3.8) is 0 Å². The smallest absolute Gasteiger partial charge is 0.136 e. The van der Waals surface area contributed by atoms with Crippen molar-refractivity contribution in [2.75, 3.05) is 0 Å². The van der Waals surface area contributed by atoms with Crippen molar-refractivity contribution in [1.29, 1.82) is 0 Å². The fourth-order valence-electron chi connectivity index (χ4n) is 4.42. The summed E-state index contributed by atoms with van der Waals surface area (Å²) in [4.78, 5) is 0. The zero-order valence-corrected chi connectivity index (χ0v) is 13.6. The summed E-state index contributed by atoms with van der Waals surface area (Å²) in [5.41, 5.74) is 2.30. The highest BCUT2D eigenvalue weighted by molar-refractivity contribution is 5.41. The van der Waals surface area contributed by atoms with E-state index in [0.29, 0.717) is 12.0 Å². The molecule has 2 nitrogen and oxygen atoms in total. The van der Waals surface area contributed by atoms with Gasteiger partial charge in [-0.3, -0.25) is 0 Å². The van der Waals surface area contributed by atoms with E-state index in [-0.39, 0.29) is 5.54 Å². The molecule has 0 bridgehead atoms. The summed E-state index contributed by atoms with van der Waals surface area (Å²) in [5, 5.41) is 9.75. The molecule has 1 saturated carbocycles. The molecule has 2 heteroatoms. The molecule has 0 N–H and O–H groups in total. The van der Waals surface area contributed by atoms with E-state index in [1.807, 2.05) is 0 Å². The Morgan fingerprint density at radius 1 is 0.696 bits per heavy atom. The maximum Gasteiger partial charge on any atom is 0.136 e. The van der Waals surface area contributed by atoms with Gasteiger partial charge in [-0.05, 0) is 24.0 Å². The lowest BCUT2D eigenvalue weighted by Crippen LogP contribution is -2.37. The first kappa shape index (κ1) is 14.6. The molecular formula is C21H24N2. The van der Waals surface area contributed by atoms with Gasteiger partial charge in [0.1, 0.15) is 5.54 Å². The van der Waals surface area contributed by atoms with Gasteiger partial charge in [-0.25, -0.2) is 0 Å². The Labute approximate surface area is 138 Å². The second-order valence-corrected chi connectivity index (χ2v) is 6.88. The van der Waals surface area contributed by atoms with Crippen LogP contribution in [0.15, 0.2) is 70.9 Å². The Kier molecular flexibility index (Phi) is 3.99. The minimum Gasteiger partial charge on any atom is -0.189 e. The van der Waals surface area contributed by atoms with E-state index in [4.69, 9.17) is 10.2 Å². The van der Waals surface area contributed by atoms with Crippen molar-refractivity contribution < 1.29 is 0 Å². The van der Waals surface area contributed by atoms with Crippen molar-refractivity contribution in [1.82, 2.24) is 0 Å². The molecule has 0 spiro atoms. The molecule has 1 heterocycles. The van der Waals surface area contributed by atoms with Crippen LogP contribution in [-0.4, -0.2) is 6.04 Å². The van der Waals surface area contributed by atoms with Gasteiger partial charge < -0.3 is 0 Å². The highest BCUT2D eigenvalue weighted by atomic mass is 15.2. The number of hydrogen-bond donors (Lipinski definition) is 0. The molecular weight excluding hydrogens is 280 g/mol. The van der Waals surface area contributed by atoms with Crippen molar-refractivity contribution in [2.45, 2.75) is 50.1 Å². The summed E-state index contributed by atoms with van der Waals surface area (Å²) in [6.45, 7) is 0. The van der Waals surface area contributed by atoms with E-state index in [1.165, 1.54) is 49.7 Å². The van der Waals surface area contributed by atoms with E-state index in [9.17, 15) is 0 Å². The first-order valence-corrected chi connectivity index (χ1v) is 8.94. The first-order valence-electron chi connectivity index (χ1n) is 8.94. The molecule has 2 aliphatic rings. The summed E-state index contributed by atoms with van der Waals surface area (Å²) in [5.74, 6) is 0.493. The number of azo groups is 1. The van der Waals surface area contributed by atoms with Gasteiger partial charge in [-0.15, -0.1) is 0 Å². The van der Waals surface area contributed by atoms with Crippen molar-refractivity contribution in [3.05, 3.63) is 71.8 Å². The lowest BCUT2D eigenvalue weighted by atomic mass is 9.68. The number of fused-ring (bicyclic) bond motifs is 1. The average Bonchev–Trinajstić information content (AvgIpc) is 2.95. The van der Waals surface area contributed by atoms with Crippen LogP contribution in [0.5, 0.6) is 0 Å². The Balaban J connectivity index is 1.85. The zero-order chi connectivity index (χ0) is 15.5. The topological polar surface area (TPSA) is 24.7 Å². The van der Waals surface area contributed by atoms with Gasteiger partial charge in [0.2, 0.25) is 0 Å². The predicted molar refractivity (Wildman–Crippen MR) is 93.5 cm³/mol.